The second kappa shape index (κ2) is 46.9. The summed E-state index contributed by atoms with van der Waals surface area (Å²) in [7, 11) is 1.54. The molecule has 40 nitrogen and oxygen atoms in total. The van der Waals surface area contributed by atoms with Crippen LogP contribution < -0.4 is 31.9 Å². The number of carboxylic acids is 3. The number of ketones is 4. The van der Waals surface area contributed by atoms with Gasteiger partial charge in [0.25, 0.3) is 5.79 Å². The van der Waals surface area contributed by atoms with Gasteiger partial charge in [0.05, 0.1) is 57.3 Å². The summed E-state index contributed by atoms with van der Waals surface area (Å²) in [5.74, 6) is -15.0. The second-order valence-electron chi connectivity index (χ2n) is 24.7. The highest BCUT2D eigenvalue weighted by Crippen LogP contribution is 2.37. The molecule has 3 aliphatic rings. The van der Waals surface area contributed by atoms with Crippen LogP contribution in [0.5, 0.6) is 0 Å². The Balaban J connectivity index is 0.000000743. The minimum absolute atomic E-state index is 0.0202. The number of nitrogens with zero attached hydrogens (tertiary/aromatic N) is 2. The van der Waals surface area contributed by atoms with E-state index in [4.69, 9.17) is 33.9 Å². The fraction of sp³-hybridized carbons (Fsp3) is 0.762. The molecule has 0 spiro atoms. The lowest BCUT2D eigenvalue weighted by molar-refractivity contribution is -0.320. The molecule has 0 aromatic carbocycles. The van der Waals surface area contributed by atoms with Crippen molar-refractivity contribution in [2.45, 2.75) is 222 Å². The predicted octanol–water partition coefficient (Wildman–Crippen LogP) is -7.71. The van der Waals surface area contributed by atoms with Crippen LogP contribution in [-0.4, -0.2) is 330 Å². The van der Waals surface area contributed by atoms with Crippen LogP contribution in [0.15, 0.2) is 0 Å². The Hall–Kier alpha value is -7.71. The van der Waals surface area contributed by atoms with Crippen molar-refractivity contribution in [1.29, 1.82) is 0 Å². The van der Waals surface area contributed by atoms with Crippen molar-refractivity contribution in [3.8, 4) is 0 Å². The second-order valence-corrected chi connectivity index (χ2v) is 24.7. The van der Waals surface area contributed by atoms with Crippen LogP contribution in [0.4, 0.5) is 0 Å². The van der Waals surface area contributed by atoms with Gasteiger partial charge in [-0.15, -0.1) is 0 Å². The highest BCUT2D eigenvalue weighted by atomic mass is 16.7. The molecule has 103 heavy (non-hydrogen) atoms. The zero-order valence-corrected chi connectivity index (χ0v) is 58.2. The van der Waals surface area contributed by atoms with Crippen LogP contribution in [-0.2, 0) is 95.6 Å². The van der Waals surface area contributed by atoms with Crippen molar-refractivity contribution in [3.63, 3.8) is 0 Å². The Morgan fingerprint density at radius 3 is 1.60 bits per heavy atom. The van der Waals surface area contributed by atoms with Crippen molar-refractivity contribution in [2.75, 3.05) is 79.3 Å². The van der Waals surface area contributed by atoms with Gasteiger partial charge in [-0.3, -0.25) is 67.1 Å². The Morgan fingerprint density at radius 1 is 0.583 bits per heavy atom. The lowest BCUT2D eigenvalue weighted by Crippen LogP contribution is -2.68. The summed E-state index contributed by atoms with van der Waals surface area (Å²) < 4.78 is 29.0. The molecule has 0 aromatic rings. The average molecular weight is 1480 g/mol. The number of nitrogens with one attached hydrogen (secondary N) is 6. The molecule has 3 rings (SSSR count). The van der Waals surface area contributed by atoms with E-state index in [2.05, 4.69) is 31.9 Å². The number of amides is 8. The summed E-state index contributed by atoms with van der Waals surface area (Å²) in [5, 5.41) is 138. The molecular formula is C63H102N8O32. The van der Waals surface area contributed by atoms with Crippen LogP contribution in [0.3, 0.4) is 0 Å². The predicted molar refractivity (Wildman–Crippen MR) is 346 cm³/mol. The number of hydrogen-bond acceptors (Lipinski definition) is 29. The molecule has 1 aliphatic carbocycles. The number of Topliss-reactive ketones (excluding diaryl/α,β-unsaturated/α-hetero) is 4. The SMILES string of the molecule is CCNC(=O)CCC(=O)CNC(=O)CN(CC(=O)O)C(=O)CCC(=O)CNC(=O)CN(CC(=O)O)C(=O)CCC(=O)CC.CNC(=O)CCCCC(=O)CCCCO[C@@H]1OC(CO)[C@@H](O[C@@H]2CC(CO[C@]3(C(=O)O)C[C@@H](O)[C@@H](NC(C)=O)C(C(O)C(O)CO)O3)[C@H](O)[C@H](O)C2O)[C@H](O)C1NC(C)=O. The number of carboxylic acid groups (broad SMARTS) is 3. The number of aliphatic hydroxyl groups excluding tert-OH is 9. The first kappa shape index (κ1) is 91.4. The molecule has 2 saturated heterocycles. The Morgan fingerprint density at radius 2 is 1.11 bits per heavy atom. The van der Waals surface area contributed by atoms with Crippen LogP contribution in [0, 0.1) is 5.92 Å². The first-order chi connectivity index (χ1) is 48.5. The van der Waals surface area contributed by atoms with E-state index in [0.717, 1.165) is 11.8 Å². The molecule has 586 valence electrons. The number of rotatable bonds is 46. The molecule has 2 heterocycles. The summed E-state index contributed by atoms with van der Waals surface area (Å²) in [6.07, 6.45) is -20.0. The van der Waals surface area contributed by atoms with Crippen molar-refractivity contribution >= 4 is 88.3 Å². The molecule has 40 heteroatoms. The zero-order valence-electron chi connectivity index (χ0n) is 58.2. The number of aliphatic carboxylic acids is 3. The lowest BCUT2D eigenvalue weighted by Gasteiger charge is -2.48. The maximum absolute atomic E-state index is 12.6. The fourth-order valence-electron chi connectivity index (χ4n) is 10.9. The van der Waals surface area contributed by atoms with E-state index >= 15 is 0 Å². The quantitative estimate of drug-likeness (QED) is 0.0252. The normalized spacial score (nSPS) is 24.9. The van der Waals surface area contributed by atoms with Gasteiger partial charge >= 0.3 is 17.9 Å². The molecule has 0 bridgehead atoms. The number of carbonyl (C=O) groups excluding carboxylic acids is 12. The van der Waals surface area contributed by atoms with Crippen molar-refractivity contribution in [2.24, 2.45) is 5.92 Å². The van der Waals surface area contributed by atoms with E-state index in [0.29, 0.717) is 50.0 Å². The van der Waals surface area contributed by atoms with Crippen LogP contribution >= 0.6 is 0 Å². The summed E-state index contributed by atoms with van der Waals surface area (Å²) >= 11 is 0. The van der Waals surface area contributed by atoms with Gasteiger partial charge in [0.2, 0.25) is 47.3 Å². The fourth-order valence-corrected chi connectivity index (χ4v) is 10.9. The van der Waals surface area contributed by atoms with Gasteiger partial charge in [-0.1, -0.05) is 6.92 Å². The summed E-state index contributed by atoms with van der Waals surface area (Å²) in [4.78, 5) is 180. The van der Waals surface area contributed by atoms with Crippen LogP contribution in [0.25, 0.3) is 0 Å². The standard InChI is InChI=1S/C37H63N3O20.C26H39N5O12/c1-17(43)39-26-21(46)13-37(36(54)55,60-34(26)29(50)22(47)14-41)57-16-19-12-23(30(51)32(53)28(19)49)58-33-24(15-42)59-35(27(31(33)52)40-18(2)44)56-11-7-6-9-20(45)8-4-5-10-25(48)38-3;1-3-17(32)6-9-23(38)30(15-25(40)41)13-22(37)29-12-19(34)7-10-24(39)31(16-26(42)43)14-21(36)28-11-18(33)5-8-20(35)27-4-2/h19,21-24,26-35,41-42,46-47,49-53H,4-16H2,1-3H3,(H,38,48)(H,39,43)(H,40,44)(H,54,55);3-16H2,1-2H3,(H,27,35)(H,28,36)(H,29,37)(H,40,41)(H,42,43)/t19?,21-,22?,23-,24?,26-,27?,28+,29?,30?,31-,32+,33-,34?,35-,37-;/m1./s1. The molecule has 8 amide bonds. The van der Waals surface area contributed by atoms with E-state index in [1.165, 1.54) is 14.0 Å². The minimum atomic E-state index is -2.79. The number of ether oxygens (including phenoxy) is 5. The molecule has 0 aromatic heterocycles. The van der Waals surface area contributed by atoms with Crippen molar-refractivity contribution < 1.29 is 157 Å². The summed E-state index contributed by atoms with van der Waals surface area (Å²) in [6, 6.07) is -2.76. The Bertz CT molecular complexity index is 2850. The number of carbonyl (C=O) groups is 15. The molecule has 1 saturated carbocycles. The van der Waals surface area contributed by atoms with Gasteiger partial charge in [0.15, 0.2) is 17.9 Å². The third kappa shape index (κ3) is 32.5. The van der Waals surface area contributed by atoms with Gasteiger partial charge in [-0.2, -0.15) is 0 Å². The first-order valence-corrected chi connectivity index (χ1v) is 33.5. The lowest BCUT2D eigenvalue weighted by atomic mass is 9.80. The van der Waals surface area contributed by atoms with Crippen LogP contribution in [0.1, 0.15) is 130 Å². The smallest absolute Gasteiger partial charge is 0.364 e. The van der Waals surface area contributed by atoms with E-state index in [1.54, 1.807) is 13.8 Å². The third-order valence-corrected chi connectivity index (χ3v) is 16.5. The van der Waals surface area contributed by atoms with Gasteiger partial charge in [0, 0.05) is 111 Å². The van der Waals surface area contributed by atoms with Gasteiger partial charge in [0.1, 0.15) is 92.6 Å². The summed E-state index contributed by atoms with van der Waals surface area (Å²) in [5.41, 5.74) is 0. The van der Waals surface area contributed by atoms with E-state index < -0.39 is 240 Å². The average Bonchev–Trinajstić information content (AvgIpc) is 0.770. The molecule has 0 radical (unpaired) electrons. The molecule has 3 fully saturated rings. The molecule has 16 atom stereocenters. The molecule has 2 aliphatic heterocycles. The number of aliphatic hydroxyl groups is 9. The highest BCUT2D eigenvalue weighted by molar-refractivity contribution is 5.94. The topological polar surface area (TPSA) is 624 Å². The Labute approximate surface area is 592 Å². The van der Waals surface area contributed by atoms with Gasteiger partial charge < -0.3 is 127 Å². The third-order valence-electron chi connectivity index (χ3n) is 16.5. The maximum atomic E-state index is 12.6. The molecule has 18 N–H and O–H groups in total. The van der Waals surface area contributed by atoms with Gasteiger partial charge in [-0.25, -0.2) is 4.79 Å². The molecule has 7 unspecified atom stereocenters. The zero-order chi connectivity index (χ0) is 77.8. The van der Waals surface area contributed by atoms with Gasteiger partial charge in [-0.05, 0) is 39.0 Å². The first-order valence-electron chi connectivity index (χ1n) is 33.5. The number of unbranched alkanes of at least 4 members (excludes halogenated alkanes) is 2. The van der Waals surface area contributed by atoms with Crippen molar-refractivity contribution in [3.05, 3.63) is 0 Å². The minimum Gasteiger partial charge on any atom is -0.480 e. The largest absolute Gasteiger partial charge is 0.480 e. The highest BCUT2D eigenvalue weighted by Gasteiger charge is 2.57. The van der Waals surface area contributed by atoms with Crippen molar-refractivity contribution in [1.82, 2.24) is 41.7 Å². The van der Waals surface area contributed by atoms with E-state index in [1.807, 2.05) is 0 Å². The van der Waals surface area contributed by atoms with Crippen LogP contribution in [0.2, 0.25) is 0 Å². The van der Waals surface area contributed by atoms with E-state index in [9.17, 15) is 123 Å². The van der Waals surface area contributed by atoms with E-state index in [-0.39, 0.29) is 74.9 Å². The monoisotopic (exact) mass is 1480 g/mol. The molecular weight excluding hydrogens is 1380 g/mol. The number of hydrogen-bond donors (Lipinski definition) is 18. The maximum Gasteiger partial charge on any atom is 0.364 e. The summed E-state index contributed by atoms with van der Waals surface area (Å²) in [6.45, 7) is -0.616. The Kier molecular flexibility index (Phi) is 41.6.